The standard InChI is InChI=1S/C14H18N4O2S2/c15-14(21)17-16-9-10-6-7-13(12(8-10)18(19)20)22-11-4-2-1-3-5-11/h6-9,11H,1-5H2,(H3,15,17,21). The van der Waals surface area contributed by atoms with E-state index in [-0.39, 0.29) is 15.7 Å². The molecule has 1 aliphatic rings. The van der Waals surface area contributed by atoms with Crippen LogP contribution in [-0.2, 0) is 0 Å². The number of thiocarbonyl (C=S) groups is 1. The van der Waals surface area contributed by atoms with Crippen molar-refractivity contribution in [3.05, 3.63) is 33.9 Å². The number of nitrogens with two attached hydrogens (primary N) is 1. The molecule has 0 saturated heterocycles. The van der Waals surface area contributed by atoms with Gasteiger partial charge in [0.05, 0.1) is 16.0 Å². The molecule has 0 heterocycles. The SMILES string of the molecule is NC(=S)NN=Cc1ccc(SC2CCCCC2)c([N+](=O)[O-])c1. The highest BCUT2D eigenvalue weighted by molar-refractivity contribution is 8.00. The summed E-state index contributed by atoms with van der Waals surface area (Å²) in [6.45, 7) is 0. The molecule has 1 aliphatic carbocycles. The maximum Gasteiger partial charge on any atom is 0.283 e. The van der Waals surface area contributed by atoms with Crippen molar-refractivity contribution in [1.29, 1.82) is 0 Å². The van der Waals surface area contributed by atoms with Crippen molar-refractivity contribution < 1.29 is 4.92 Å². The van der Waals surface area contributed by atoms with E-state index in [0.717, 1.165) is 17.7 Å². The van der Waals surface area contributed by atoms with Gasteiger partial charge in [-0.05, 0) is 31.1 Å². The molecule has 22 heavy (non-hydrogen) atoms. The predicted octanol–water partition coefficient (Wildman–Crippen LogP) is 3.19. The normalized spacial score (nSPS) is 15.8. The molecule has 0 radical (unpaired) electrons. The second kappa shape index (κ2) is 8.09. The van der Waals surface area contributed by atoms with E-state index in [2.05, 4.69) is 22.7 Å². The summed E-state index contributed by atoms with van der Waals surface area (Å²) in [5.74, 6) is 0. The van der Waals surface area contributed by atoms with Gasteiger partial charge >= 0.3 is 0 Å². The molecule has 0 aliphatic heterocycles. The van der Waals surface area contributed by atoms with Crippen molar-refractivity contribution in [3.63, 3.8) is 0 Å². The molecular formula is C14H18N4O2S2. The molecule has 8 heteroatoms. The summed E-state index contributed by atoms with van der Waals surface area (Å²) in [7, 11) is 0. The van der Waals surface area contributed by atoms with E-state index in [1.807, 2.05) is 6.07 Å². The molecule has 2 rings (SSSR count). The second-order valence-electron chi connectivity index (χ2n) is 5.10. The van der Waals surface area contributed by atoms with Crippen LogP contribution in [0.15, 0.2) is 28.2 Å². The molecule has 6 nitrogen and oxygen atoms in total. The quantitative estimate of drug-likeness (QED) is 0.371. The molecule has 3 N–H and O–H groups in total. The molecule has 1 fully saturated rings. The van der Waals surface area contributed by atoms with Crippen molar-refractivity contribution in [2.75, 3.05) is 0 Å². The zero-order valence-corrected chi connectivity index (χ0v) is 13.7. The Morgan fingerprint density at radius 1 is 1.45 bits per heavy atom. The Balaban J connectivity index is 2.14. The third-order valence-electron chi connectivity index (χ3n) is 3.41. The maximum absolute atomic E-state index is 11.3. The van der Waals surface area contributed by atoms with Gasteiger partial charge in [0.15, 0.2) is 5.11 Å². The fraction of sp³-hybridized carbons (Fsp3) is 0.429. The van der Waals surface area contributed by atoms with Crippen LogP contribution in [0.3, 0.4) is 0 Å². The van der Waals surface area contributed by atoms with Crippen molar-refractivity contribution >= 4 is 41.0 Å². The number of hydrazone groups is 1. The number of rotatable bonds is 5. The average Bonchev–Trinajstić information content (AvgIpc) is 2.49. The van der Waals surface area contributed by atoms with Gasteiger partial charge in [-0.15, -0.1) is 11.8 Å². The van der Waals surface area contributed by atoms with Crippen LogP contribution in [0.25, 0.3) is 0 Å². The monoisotopic (exact) mass is 338 g/mol. The van der Waals surface area contributed by atoms with Gasteiger partial charge in [0.2, 0.25) is 0 Å². The number of nitrogens with zero attached hydrogens (tertiary/aromatic N) is 2. The fourth-order valence-electron chi connectivity index (χ4n) is 2.39. The van der Waals surface area contributed by atoms with Crippen LogP contribution in [0.4, 0.5) is 5.69 Å². The number of benzene rings is 1. The zero-order chi connectivity index (χ0) is 15.9. The molecule has 1 aromatic rings. The second-order valence-corrected chi connectivity index (χ2v) is 6.88. The Morgan fingerprint density at radius 3 is 2.82 bits per heavy atom. The van der Waals surface area contributed by atoms with E-state index in [1.165, 1.54) is 31.5 Å². The van der Waals surface area contributed by atoms with Crippen LogP contribution >= 0.6 is 24.0 Å². The maximum atomic E-state index is 11.3. The summed E-state index contributed by atoms with van der Waals surface area (Å²) in [5.41, 5.74) is 8.43. The van der Waals surface area contributed by atoms with Gasteiger partial charge in [0, 0.05) is 16.9 Å². The summed E-state index contributed by atoms with van der Waals surface area (Å²) in [6.07, 6.45) is 7.40. The molecule has 0 spiro atoms. The highest BCUT2D eigenvalue weighted by Crippen LogP contribution is 2.38. The number of nitrogens with one attached hydrogen (secondary N) is 1. The zero-order valence-electron chi connectivity index (χ0n) is 12.0. The van der Waals surface area contributed by atoms with Crippen LogP contribution in [0.2, 0.25) is 0 Å². The van der Waals surface area contributed by atoms with Crippen molar-refractivity contribution in [3.8, 4) is 0 Å². The summed E-state index contributed by atoms with van der Waals surface area (Å²) in [4.78, 5) is 11.7. The number of hydrogen-bond acceptors (Lipinski definition) is 5. The highest BCUT2D eigenvalue weighted by atomic mass is 32.2. The first-order chi connectivity index (χ1) is 10.6. The molecule has 0 bridgehead atoms. The van der Waals surface area contributed by atoms with Gasteiger partial charge in [-0.3, -0.25) is 15.5 Å². The third kappa shape index (κ3) is 4.96. The number of thioether (sulfide) groups is 1. The van der Waals surface area contributed by atoms with Gasteiger partial charge in [-0.25, -0.2) is 0 Å². The van der Waals surface area contributed by atoms with E-state index >= 15 is 0 Å². The van der Waals surface area contributed by atoms with Crippen LogP contribution < -0.4 is 11.2 Å². The Kier molecular flexibility index (Phi) is 6.14. The lowest BCUT2D eigenvalue weighted by Crippen LogP contribution is -2.23. The molecule has 1 aromatic carbocycles. The molecular weight excluding hydrogens is 320 g/mol. The van der Waals surface area contributed by atoms with Gasteiger partial charge in [-0.1, -0.05) is 25.3 Å². The van der Waals surface area contributed by atoms with Gasteiger partial charge in [0.1, 0.15) is 0 Å². The first kappa shape index (κ1) is 16.7. The average molecular weight is 338 g/mol. The number of hydrogen-bond donors (Lipinski definition) is 2. The lowest BCUT2D eigenvalue weighted by atomic mass is 10.0. The Bertz CT molecular complexity index is 586. The fourth-order valence-corrected chi connectivity index (χ4v) is 3.77. The van der Waals surface area contributed by atoms with E-state index in [4.69, 9.17) is 5.73 Å². The van der Waals surface area contributed by atoms with E-state index in [1.54, 1.807) is 17.8 Å². The third-order valence-corrected chi connectivity index (χ3v) is 4.91. The minimum absolute atomic E-state index is 0.0511. The lowest BCUT2D eigenvalue weighted by Gasteiger charge is -2.20. The number of nitro groups is 1. The van der Waals surface area contributed by atoms with Gasteiger partial charge in [0.25, 0.3) is 5.69 Å². The largest absolute Gasteiger partial charge is 0.375 e. The first-order valence-electron chi connectivity index (χ1n) is 7.10. The van der Waals surface area contributed by atoms with E-state index in [9.17, 15) is 10.1 Å². The molecule has 0 atom stereocenters. The molecule has 0 unspecified atom stereocenters. The van der Waals surface area contributed by atoms with E-state index in [0.29, 0.717) is 10.8 Å². The Morgan fingerprint density at radius 2 is 2.18 bits per heavy atom. The highest BCUT2D eigenvalue weighted by Gasteiger charge is 2.20. The van der Waals surface area contributed by atoms with Gasteiger partial charge in [-0.2, -0.15) is 5.10 Å². The molecule has 0 amide bonds. The Hall–Kier alpha value is -1.67. The Labute approximate surface area is 138 Å². The van der Waals surface area contributed by atoms with Crippen LogP contribution in [0.5, 0.6) is 0 Å². The van der Waals surface area contributed by atoms with E-state index < -0.39 is 0 Å². The van der Waals surface area contributed by atoms with Crippen LogP contribution in [0, 0.1) is 10.1 Å². The smallest absolute Gasteiger partial charge is 0.283 e. The van der Waals surface area contributed by atoms with Gasteiger partial charge < -0.3 is 5.73 Å². The van der Waals surface area contributed by atoms with Crippen LogP contribution in [-0.4, -0.2) is 21.5 Å². The van der Waals surface area contributed by atoms with Crippen molar-refractivity contribution in [1.82, 2.24) is 5.43 Å². The van der Waals surface area contributed by atoms with Crippen molar-refractivity contribution in [2.45, 2.75) is 42.2 Å². The summed E-state index contributed by atoms with van der Waals surface area (Å²) < 4.78 is 0. The minimum Gasteiger partial charge on any atom is -0.375 e. The minimum atomic E-state index is -0.344. The summed E-state index contributed by atoms with van der Waals surface area (Å²) in [5, 5.41) is 15.6. The van der Waals surface area contributed by atoms with Crippen molar-refractivity contribution in [2.24, 2.45) is 10.8 Å². The first-order valence-corrected chi connectivity index (χ1v) is 8.38. The molecule has 0 aromatic heterocycles. The summed E-state index contributed by atoms with van der Waals surface area (Å²) >= 11 is 6.25. The topological polar surface area (TPSA) is 93.5 Å². The molecule has 1 saturated carbocycles. The predicted molar refractivity (Wildman–Crippen MR) is 93.3 cm³/mol. The number of nitro benzene ring substituents is 1. The molecule has 118 valence electrons. The van der Waals surface area contributed by atoms with Crippen LogP contribution in [0.1, 0.15) is 37.7 Å². The lowest BCUT2D eigenvalue weighted by molar-refractivity contribution is -0.387. The summed E-state index contributed by atoms with van der Waals surface area (Å²) in [6, 6.07) is 5.12.